The van der Waals surface area contributed by atoms with Gasteiger partial charge in [-0.1, -0.05) is 23.8 Å². The second-order valence-corrected chi connectivity index (χ2v) is 7.70. The Labute approximate surface area is 175 Å². The highest BCUT2D eigenvalue weighted by atomic mass is 16.2. The summed E-state index contributed by atoms with van der Waals surface area (Å²) in [5, 5.41) is 0. The van der Waals surface area contributed by atoms with Crippen LogP contribution in [0.1, 0.15) is 22.3 Å². The van der Waals surface area contributed by atoms with Gasteiger partial charge in [-0.15, -0.1) is 0 Å². The molecule has 1 amide bonds. The average molecular weight is 400 g/mol. The first-order chi connectivity index (χ1) is 14.7. The molecule has 0 radical (unpaired) electrons. The molecule has 0 saturated carbocycles. The van der Waals surface area contributed by atoms with E-state index in [1.807, 2.05) is 65.1 Å². The summed E-state index contributed by atoms with van der Waals surface area (Å²) >= 11 is 0. The van der Waals surface area contributed by atoms with Gasteiger partial charge in [0.05, 0.1) is 28.6 Å². The number of nitrogens with zero attached hydrogens (tertiary/aromatic N) is 5. The van der Waals surface area contributed by atoms with Gasteiger partial charge in [0.2, 0.25) is 5.95 Å². The van der Waals surface area contributed by atoms with Gasteiger partial charge < -0.3 is 19.4 Å². The van der Waals surface area contributed by atoms with Crippen LogP contribution in [0.2, 0.25) is 0 Å². The van der Waals surface area contributed by atoms with E-state index in [9.17, 15) is 4.79 Å². The van der Waals surface area contributed by atoms with Crippen LogP contribution in [-0.4, -0.2) is 56.5 Å². The highest BCUT2D eigenvalue weighted by Crippen LogP contribution is 2.22. The first-order valence-electron chi connectivity index (χ1n) is 10.3. The lowest BCUT2D eigenvalue weighted by atomic mass is 10.1. The largest absolute Gasteiger partial charge is 0.341 e. The molecule has 0 atom stereocenters. The molecule has 7 heteroatoms. The van der Waals surface area contributed by atoms with Crippen molar-refractivity contribution < 1.29 is 4.79 Å². The summed E-state index contributed by atoms with van der Waals surface area (Å²) in [5.41, 5.74) is 4.65. The van der Waals surface area contributed by atoms with E-state index in [0.717, 1.165) is 54.3 Å². The molecule has 2 aromatic carbocycles. The molecule has 0 bridgehead atoms. The molecule has 1 saturated heterocycles. The third kappa shape index (κ3) is 3.43. The first-order valence-corrected chi connectivity index (χ1v) is 10.3. The number of hydrogen-bond acceptors (Lipinski definition) is 4. The number of carbonyl (C=O) groups is 1. The summed E-state index contributed by atoms with van der Waals surface area (Å²) in [5.74, 6) is 0.939. The number of anilines is 1. The molecule has 0 unspecified atom stereocenters. The number of hydrogen-bond donors (Lipinski definition) is 1. The van der Waals surface area contributed by atoms with Crippen molar-refractivity contribution in [2.75, 3.05) is 31.1 Å². The molecule has 1 aliphatic heterocycles. The lowest BCUT2D eigenvalue weighted by Crippen LogP contribution is -2.36. The number of aromatic nitrogens is 4. The van der Waals surface area contributed by atoms with E-state index in [1.54, 1.807) is 12.5 Å². The minimum Gasteiger partial charge on any atom is -0.341 e. The van der Waals surface area contributed by atoms with Gasteiger partial charge in [0.15, 0.2) is 0 Å². The average Bonchev–Trinajstić information content (AvgIpc) is 3.38. The Kier molecular flexibility index (Phi) is 4.71. The number of carbonyl (C=O) groups excluding carboxylic acids is 1. The maximum Gasteiger partial charge on any atom is 0.256 e. The Balaban J connectivity index is 1.37. The quantitative estimate of drug-likeness (QED) is 0.572. The Bertz CT molecular complexity index is 1150. The van der Waals surface area contributed by atoms with Crippen LogP contribution in [0.5, 0.6) is 0 Å². The van der Waals surface area contributed by atoms with E-state index in [0.29, 0.717) is 12.1 Å². The van der Waals surface area contributed by atoms with Crippen molar-refractivity contribution in [2.24, 2.45) is 0 Å². The number of aryl methyl sites for hydroxylation is 1. The number of rotatable bonds is 3. The van der Waals surface area contributed by atoms with E-state index < -0.39 is 0 Å². The molecule has 152 valence electrons. The fourth-order valence-electron chi connectivity index (χ4n) is 4.04. The van der Waals surface area contributed by atoms with Gasteiger partial charge in [-0.3, -0.25) is 4.79 Å². The number of aromatic amines is 1. The SMILES string of the molecule is Cc1ccc(-n2ccnc2)c(C(=O)N2CCCN(c3nc4ccccc4[nH]3)CC2)c1. The van der Waals surface area contributed by atoms with E-state index in [1.165, 1.54) is 0 Å². The fraction of sp³-hybridized carbons (Fsp3) is 0.261. The molecule has 0 spiro atoms. The monoisotopic (exact) mass is 400 g/mol. The first kappa shape index (κ1) is 18.4. The number of imidazole rings is 2. The van der Waals surface area contributed by atoms with E-state index in [-0.39, 0.29) is 5.91 Å². The smallest absolute Gasteiger partial charge is 0.256 e. The van der Waals surface area contributed by atoms with Crippen LogP contribution in [0.3, 0.4) is 0 Å². The van der Waals surface area contributed by atoms with Crippen molar-refractivity contribution in [3.63, 3.8) is 0 Å². The number of para-hydroxylation sites is 2. The molecular formula is C23H24N6O. The van der Waals surface area contributed by atoms with E-state index >= 15 is 0 Å². The number of H-pyrrole nitrogens is 1. The predicted molar refractivity (Wildman–Crippen MR) is 117 cm³/mol. The van der Waals surface area contributed by atoms with Crippen LogP contribution in [-0.2, 0) is 0 Å². The highest BCUT2D eigenvalue weighted by molar-refractivity contribution is 5.98. The summed E-state index contributed by atoms with van der Waals surface area (Å²) in [6, 6.07) is 14.0. The summed E-state index contributed by atoms with van der Waals surface area (Å²) in [6.07, 6.45) is 6.22. The van der Waals surface area contributed by atoms with Crippen LogP contribution in [0, 0.1) is 6.92 Å². The third-order valence-corrected chi connectivity index (χ3v) is 5.62. The van der Waals surface area contributed by atoms with Gasteiger partial charge in [0.25, 0.3) is 5.91 Å². The maximum atomic E-state index is 13.5. The van der Waals surface area contributed by atoms with E-state index in [4.69, 9.17) is 4.98 Å². The molecule has 3 heterocycles. The molecular weight excluding hydrogens is 376 g/mol. The van der Waals surface area contributed by atoms with Crippen molar-refractivity contribution in [3.8, 4) is 5.69 Å². The highest BCUT2D eigenvalue weighted by Gasteiger charge is 2.24. The normalized spacial score (nSPS) is 14.8. The van der Waals surface area contributed by atoms with Crippen molar-refractivity contribution in [3.05, 3.63) is 72.3 Å². The third-order valence-electron chi connectivity index (χ3n) is 5.62. The predicted octanol–water partition coefficient (Wildman–Crippen LogP) is 3.41. The molecule has 30 heavy (non-hydrogen) atoms. The number of fused-ring (bicyclic) bond motifs is 1. The molecule has 7 nitrogen and oxygen atoms in total. The topological polar surface area (TPSA) is 70.1 Å². The van der Waals surface area contributed by atoms with Crippen LogP contribution in [0.25, 0.3) is 16.7 Å². The van der Waals surface area contributed by atoms with Crippen LogP contribution in [0.4, 0.5) is 5.95 Å². The zero-order valence-electron chi connectivity index (χ0n) is 17.0. The summed E-state index contributed by atoms with van der Waals surface area (Å²) in [4.78, 5) is 29.9. The minimum absolute atomic E-state index is 0.0638. The molecule has 0 aliphatic carbocycles. The van der Waals surface area contributed by atoms with Crippen molar-refractivity contribution in [2.45, 2.75) is 13.3 Å². The molecule has 4 aromatic rings. The maximum absolute atomic E-state index is 13.5. The Hall–Kier alpha value is -3.61. The van der Waals surface area contributed by atoms with Gasteiger partial charge in [0, 0.05) is 38.6 Å². The lowest BCUT2D eigenvalue weighted by molar-refractivity contribution is 0.0767. The van der Waals surface area contributed by atoms with Gasteiger partial charge in [0.1, 0.15) is 0 Å². The van der Waals surface area contributed by atoms with Crippen molar-refractivity contribution >= 4 is 22.9 Å². The Morgan fingerprint density at radius 1 is 1.07 bits per heavy atom. The second kappa shape index (κ2) is 7.67. The van der Waals surface area contributed by atoms with Gasteiger partial charge in [-0.05, 0) is 37.6 Å². The van der Waals surface area contributed by atoms with Crippen LogP contribution < -0.4 is 4.90 Å². The van der Waals surface area contributed by atoms with E-state index in [2.05, 4.69) is 14.9 Å². The standard InChI is InChI=1S/C23H24N6O/c1-17-7-8-21(29-12-9-24-16-29)18(15-17)22(30)27-10-4-11-28(14-13-27)23-25-19-5-2-3-6-20(19)26-23/h2-3,5-9,12,15-16H,4,10-11,13-14H2,1H3,(H,25,26). The molecule has 1 aliphatic rings. The summed E-state index contributed by atoms with van der Waals surface area (Å²) < 4.78 is 1.89. The lowest BCUT2D eigenvalue weighted by Gasteiger charge is -2.23. The van der Waals surface area contributed by atoms with Crippen LogP contribution >= 0.6 is 0 Å². The van der Waals surface area contributed by atoms with Gasteiger partial charge in [-0.2, -0.15) is 0 Å². The summed E-state index contributed by atoms with van der Waals surface area (Å²) in [7, 11) is 0. The second-order valence-electron chi connectivity index (χ2n) is 7.70. The molecule has 1 fully saturated rings. The zero-order valence-corrected chi connectivity index (χ0v) is 17.0. The van der Waals surface area contributed by atoms with Gasteiger partial charge >= 0.3 is 0 Å². The van der Waals surface area contributed by atoms with Crippen LogP contribution in [0.15, 0.2) is 61.2 Å². The zero-order chi connectivity index (χ0) is 20.5. The molecule has 2 aromatic heterocycles. The molecule has 1 N–H and O–H groups in total. The van der Waals surface area contributed by atoms with Gasteiger partial charge in [-0.25, -0.2) is 9.97 Å². The number of nitrogens with one attached hydrogen (secondary N) is 1. The molecule has 5 rings (SSSR count). The number of amides is 1. The van der Waals surface area contributed by atoms with Crippen molar-refractivity contribution in [1.29, 1.82) is 0 Å². The minimum atomic E-state index is 0.0638. The van der Waals surface area contributed by atoms with Crippen molar-refractivity contribution in [1.82, 2.24) is 24.4 Å². The fourth-order valence-corrected chi connectivity index (χ4v) is 4.04. The summed E-state index contributed by atoms with van der Waals surface area (Å²) in [6.45, 7) is 5.02. The Morgan fingerprint density at radius 2 is 1.97 bits per heavy atom. The number of benzene rings is 2. The Morgan fingerprint density at radius 3 is 2.80 bits per heavy atom.